The topological polar surface area (TPSA) is 32.3 Å². The molecule has 0 bridgehead atoms. The number of hydrogen-bond acceptors (Lipinski definition) is 2. The summed E-state index contributed by atoms with van der Waals surface area (Å²) < 4.78 is 0. The molecule has 0 aliphatic rings. The van der Waals surface area contributed by atoms with Gasteiger partial charge in [-0.2, -0.15) is 0 Å². The lowest BCUT2D eigenvalue weighted by molar-refractivity contribution is 0.259. The van der Waals surface area contributed by atoms with E-state index in [2.05, 4.69) is 24.4 Å². The average molecular weight is 151 g/mol. The van der Waals surface area contributed by atoms with E-state index in [1.807, 2.05) is 12.1 Å². The summed E-state index contributed by atoms with van der Waals surface area (Å²) in [6, 6.07) is 8.21. The van der Waals surface area contributed by atoms with Crippen LogP contribution in [0.3, 0.4) is 0 Å². The molecule has 0 saturated carbocycles. The van der Waals surface area contributed by atoms with E-state index in [1.165, 1.54) is 11.1 Å². The molecule has 0 atom stereocenters. The molecule has 0 heterocycles. The summed E-state index contributed by atoms with van der Waals surface area (Å²) in [5.41, 5.74) is 2.46. The molecule has 1 aromatic carbocycles. The molecule has 0 saturated heterocycles. The van der Waals surface area contributed by atoms with Gasteiger partial charge in [0.15, 0.2) is 0 Å². The third-order valence-corrected chi connectivity index (χ3v) is 1.52. The Labute approximate surface area is 66.9 Å². The van der Waals surface area contributed by atoms with Crippen LogP contribution in [-0.4, -0.2) is 11.8 Å². The van der Waals surface area contributed by atoms with Crippen molar-refractivity contribution >= 4 is 0 Å². The van der Waals surface area contributed by atoms with Crippen LogP contribution < -0.4 is 5.32 Å². The SMILES string of the molecule is Cc1cccc(CNCO)c1. The maximum atomic E-state index is 8.49. The van der Waals surface area contributed by atoms with Crippen molar-refractivity contribution in [2.45, 2.75) is 13.5 Å². The van der Waals surface area contributed by atoms with E-state index in [-0.39, 0.29) is 6.73 Å². The Bertz CT molecular complexity index is 223. The number of benzene rings is 1. The van der Waals surface area contributed by atoms with Gasteiger partial charge in [0.05, 0.1) is 6.73 Å². The molecule has 0 fully saturated rings. The van der Waals surface area contributed by atoms with E-state index in [1.54, 1.807) is 0 Å². The Morgan fingerprint density at radius 2 is 2.27 bits per heavy atom. The molecule has 0 amide bonds. The zero-order chi connectivity index (χ0) is 8.10. The molecule has 1 rings (SSSR count). The number of nitrogens with one attached hydrogen (secondary N) is 1. The maximum absolute atomic E-state index is 8.49. The second-order valence-corrected chi connectivity index (χ2v) is 2.57. The molecule has 0 radical (unpaired) electrons. The van der Waals surface area contributed by atoms with Crippen LogP contribution in [-0.2, 0) is 6.54 Å². The summed E-state index contributed by atoms with van der Waals surface area (Å²) in [6.07, 6.45) is 0. The third-order valence-electron chi connectivity index (χ3n) is 1.52. The van der Waals surface area contributed by atoms with Crippen molar-refractivity contribution in [3.63, 3.8) is 0 Å². The van der Waals surface area contributed by atoms with Crippen LogP contribution in [0.15, 0.2) is 24.3 Å². The minimum atomic E-state index is 0.0357. The lowest BCUT2D eigenvalue weighted by Gasteiger charge is -2.01. The monoisotopic (exact) mass is 151 g/mol. The Kier molecular flexibility index (Phi) is 3.08. The van der Waals surface area contributed by atoms with Gasteiger partial charge in [-0.15, -0.1) is 0 Å². The Hall–Kier alpha value is -0.860. The highest BCUT2D eigenvalue weighted by atomic mass is 16.3. The predicted octanol–water partition coefficient (Wildman–Crippen LogP) is 1.03. The van der Waals surface area contributed by atoms with E-state index in [0.717, 1.165) is 6.54 Å². The molecule has 2 heteroatoms. The molecule has 0 unspecified atom stereocenters. The summed E-state index contributed by atoms with van der Waals surface area (Å²) in [7, 11) is 0. The Morgan fingerprint density at radius 1 is 1.45 bits per heavy atom. The number of aliphatic hydroxyl groups is 1. The molecule has 1 aromatic rings. The highest BCUT2D eigenvalue weighted by Gasteiger charge is 1.90. The second-order valence-electron chi connectivity index (χ2n) is 2.57. The van der Waals surface area contributed by atoms with Crippen LogP contribution in [0.4, 0.5) is 0 Å². The van der Waals surface area contributed by atoms with Crippen LogP contribution in [0, 0.1) is 6.92 Å². The zero-order valence-corrected chi connectivity index (χ0v) is 6.67. The largest absolute Gasteiger partial charge is 0.381 e. The van der Waals surface area contributed by atoms with Gasteiger partial charge in [-0.05, 0) is 12.5 Å². The van der Waals surface area contributed by atoms with Gasteiger partial charge in [0.1, 0.15) is 0 Å². The van der Waals surface area contributed by atoms with E-state index >= 15 is 0 Å². The normalized spacial score (nSPS) is 10.0. The van der Waals surface area contributed by atoms with Crippen molar-refractivity contribution in [1.82, 2.24) is 5.32 Å². The number of aliphatic hydroxyl groups excluding tert-OH is 1. The zero-order valence-electron chi connectivity index (χ0n) is 6.67. The first-order valence-corrected chi connectivity index (χ1v) is 3.70. The molecule has 0 spiro atoms. The fourth-order valence-electron chi connectivity index (χ4n) is 1.02. The lowest BCUT2D eigenvalue weighted by Crippen LogP contribution is -2.13. The highest BCUT2D eigenvalue weighted by molar-refractivity contribution is 5.21. The van der Waals surface area contributed by atoms with Crippen LogP contribution in [0.2, 0.25) is 0 Å². The van der Waals surface area contributed by atoms with Gasteiger partial charge in [0.25, 0.3) is 0 Å². The minimum absolute atomic E-state index is 0.0357. The van der Waals surface area contributed by atoms with Crippen molar-refractivity contribution in [2.24, 2.45) is 0 Å². The molecule has 60 valence electrons. The molecule has 0 aliphatic heterocycles. The van der Waals surface area contributed by atoms with E-state index in [4.69, 9.17) is 5.11 Å². The van der Waals surface area contributed by atoms with Crippen molar-refractivity contribution in [2.75, 3.05) is 6.73 Å². The van der Waals surface area contributed by atoms with E-state index < -0.39 is 0 Å². The smallest absolute Gasteiger partial charge is 0.0934 e. The van der Waals surface area contributed by atoms with Gasteiger partial charge in [-0.3, -0.25) is 5.32 Å². The molecular formula is C9H13NO. The number of hydrogen-bond donors (Lipinski definition) is 2. The summed E-state index contributed by atoms with van der Waals surface area (Å²) in [6.45, 7) is 2.83. The van der Waals surface area contributed by atoms with Gasteiger partial charge >= 0.3 is 0 Å². The first-order chi connectivity index (χ1) is 5.33. The number of rotatable bonds is 3. The maximum Gasteiger partial charge on any atom is 0.0934 e. The van der Waals surface area contributed by atoms with E-state index in [0.29, 0.717) is 0 Å². The summed E-state index contributed by atoms with van der Waals surface area (Å²) in [4.78, 5) is 0. The molecule has 11 heavy (non-hydrogen) atoms. The Balaban J connectivity index is 2.56. The lowest BCUT2D eigenvalue weighted by atomic mass is 10.1. The van der Waals surface area contributed by atoms with Gasteiger partial charge in [0.2, 0.25) is 0 Å². The summed E-state index contributed by atoms with van der Waals surface area (Å²) in [5, 5.41) is 11.3. The standard InChI is InChI=1S/C9H13NO/c1-8-3-2-4-9(5-8)6-10-7-11/h2-5,10-11H,6-7H2,1H3. The molecular weight excluding hydrogens is 138 g/mol. The van der Waals surface area contributed by atoms with Crippen molar-refractivity contribution in [3.05, 3.63) is 35.4 Å². The van der Waals surface area contributed by atoms with Crippen molar-refractivity contribution < 1.29 is 5.11 Å². The first-order valence-electron chi connectivity index (χ1n) is 3.70. The summed E-state index contributed by atoms with van der Waals surface area (Å²) in [5.74, 6) is 0. The molecule has 2 nitrogen and oxygen atoms in total. The fourth-order valence-corrected chi connectivity index (χ4v) is 1.02. The van der Waals surface area contributed by atoms with Crippen LogP contribution >= 0.6 is 0 Å². The average Bonchev–Trinajstić information content (AvgIpc) is 2.01. The van der Waals surface area contributed by atoms with E-state index in [9.17, 15) is 0 Å². The van der Waals surface area contributed by atoms with Gasteiger partial charge < -0.3 is 5.11 Å². The van der Waals surface area contributed by atoms with Crippen LogP contribution in [0.5, 0.6) is 0 Å². The fraction of sp³-hybridized carbons (Fsp3) is 0.333. The quantitative estimate of drug-likeness (QED) is 0.632. The predicted molar refractivity (Wildman–Crippen MR) is 45.1 cm³/mol. The van der Waals surface area contributed by atoms with Gasteiger partial charge in [-0.1, -0.05) is 29.8 Å². The number of aryl methyl sites for hydroxylation is 1. The Morgan fingerprint density at radius 3 is 2.91 bits per heavy atom. The third kappa shape index (κ3) is 2.70. The first kappa shape index (κ1) is 8.24. The molecule has 2 N–H and O–H groups in total. The summed E-state index contributed by atoms with van der Waals surface area (Å²) >= 11 is 0. The molecule has 0 aromatic heterocycles. The molecule has 0 aliphatic carbocycles. The van der Waals surface area contributed by atoms with Crippen LogP contribution in [0.25, 0.3) is 0 Å². The second kappa shape index (κ2) is 4.11. The highest BCUT2D eigenvalue weighted by Crippen LogP contribution is 2.02. The van der Waals surface area contributed by atoms with Gasteiger partial charge in [0, 0.05) is 6.54 Å². The van der Waals surface area contributed by atoms with Crippen molar-refractivity contribution in [3.8, 4) is 0 Å². The van der Waals surface area contributed by atoms with Gasteiger partial charge in [-0.25, -0.2) is 0 Å². The van der Waals surface area contributed by atoms with Crippen molar-refractivity contribution in [1.29, 1.82) is 0 Å². The minimum Gasteiger partial charge on any atom is -0.381 e. The van der Waals surface area contributed by atoms with Crippen LogP contribution in [0.1, 0.15) is 11.1 Å².